The highest BCUT2D eigenvalue weighted by molar-refractivity contribution is 5.99. The van der Waals surface area contributed by atoms with Crippen molar-refractivity contribution in [2.75, 3.05) is 25.1 Å². The number of nitrogens with two attached hydrogens (primary N) is 1. The third-order valence-corrected chi connectivity index (χ3v) is 3.44. The zero-order valence-corrected chi connectivity index (χ0v) is 11.5. The Morgan fingerprint density at radius 2 is 2.37 bits per heavy atom. The van der Waals surface area contributed by atoms with Crippen molar-refractivity contribution in [1.29, 1.82) is 0 Å². The third kappa shape index (κ3) is 3.05. The third-order valence-electron chi connectivity index (χ3n) is 3.44. The minimum Gasteiger partial charge on any atom is -0.375 e. The predicted octanol–water partition coefficient (Wildman–Crippen LogP) is 1.53. The first kappa shape index (κ1) is 13.8. The summed E-state index contributed by atoms with van der Waals surface area (Å²) in [4.78, 5) is 14.4. The zero-order valence-electron chi connectivity index (χ0n) is 11.5. The Morgan fingerprint density at radius 1 is 1.58 bits per heavy atom. The van der Waals surface area contributed by atoms with E-state index in [4.69, 9.17) is 10.6 Å². The van der Waals surface area contributed by atoms with E-state index in [9.17, 15) is 4.79 Å². The molecule has 1 heterocycles. The number of amides is 1. The molecule has 0 saturated carbocycles. The lowest BCUT2D eigenvalue weighted by Gasteiger charge is -2.33. The van der Waals surface area contributed by atoms with E-state index in [1.165, 1.54) is 0 Å². The lowest BCUT2D eigenvalue weighted by Crippen LogP contribution is -2.45. The molecule has 1 saturated heterocycles. The van der Waals surface area contributed by atoms with Crippen LogP contribution in [0.25, 0.3) is 0 Å². The van der Waals surface area contributed by atoms with Crippen LogP contribution in [0.15, 0.2) is 18.2 Å². The van der Waals surface area contributed by atoms with Crippen LogP contribution >= 0.6 is 0 Å². The number of ether oxygens (including phenoxy) is 1. The van der Waals surface area contributed by atoms with Gasteiger partial charge in [-0.15, -0.1) is 0 Å². The molecule has 0 aliphatic carbocycles. The summed E-state index contributed by atoms with van der Waals surface area (Å²) < 4.78 is 5.59. The molecule has 1 aromatic rings. The summed E-state index contributed by atoms with van der Waals surface area (Å²) in [5, 5.41) is 0. The molecule has 1 fully saturated rings. The second kappa shape index (κ2) is 6.04. The van der Waals surface area contributed by atoms with Gasteiger partial charge in [0, 0.05) is 13.1 Å². The number of hydrogen-bond acceptors (Lipinski definition) is 4. The van der Waals surface area contributed by atoms with Gasteiger partial charge in [0.2, 0.25) is 0 Å². The Labute approximate surface area is 113 Å². The summed E-state index contributed by atoms with van der Waals surface area (Å²) in [6.07, 6.45) is 1.05. The number of hydrazine groups is 1. The van der Waals surface area contributed by atoms with Crippen molar-refractivity contribution >= 4 is 11.6 Å². The highest BCUT2D eigenvalue weighted by atomic mass is 16.5. The van der Waals surface area contributed by atoms with Gasteiger partial charge in [-0.2, -0.15) is 0 Å². The van der Waals surface area contributed by atoms with Gasteiger partial charge in [-0.25, -0.2) is 0 Å². The number of nitrogens with one attached hydrogen (secondary N) is 1. The minimum absolute atomic E-state index is 0.0124. The van der Waals surface area contributed by atoms with Crippen LogP contribution in [0, 0.1) is 6.92 Å². The van der Waals surface area contributed by atoms with Crippen molar-refractivity contribution in [3.8, 4) is 0 Å². The van der Waals surface area contributed by atoms with Gasteiger partial charge >= 0.3 is 0 Å². The molecule has 1 atom stereocenters. The topological polar surface area (TPSA) is 67.6 Å². The Morgan fingerprint density at radius 3 is 3.05 bits per heavy atom. The van der Waals surface area contributed by atoms with E-state index < -0.39 is 0 Å². The molecule has 5 heteroatoms. The van der Waals surface area contributed by atoms with Crippen molar-refractivity contribution in [2.24, 2.45) is 5.84 Å². The van der Waals surface area contributed by atoms with E-state index in [1.807, 2.05) is 30.0 Å². The summed E-state index contributed by atoms with van der Waals surface area (Å²) in [6, 6.07) is 5.63. The van der Waals surface area contributed by atoms with Crippen LogP contribution < -0.4 is 11.3 Å². The number of hydrogen-bond donors (Lipinski definition) is 2. The Bertz CT molecular complexity index is 462. The highest BCUT2D eigenvalue weighted by Gasteiger charge is 2.25. The predicted molar refractivity (Wildman–Crippen MR) is 74.9 cm³/mol. The minimum atomic E-state index is 0.0124. The molecule has 19 heavy (non-hydrogen) atoms. The number of carbonyl (C=O) groups excluding carboxylic acids is 1. The molecular weight excluding hydrogens is 242 g/mol. The average molecular weight is 263 g/mol. The van der Waals surface area contributed by atoms with E-state index in [0.717, 1.165) is 12.0 Å². The lowest BCUT2D eigenvalue weighted by molar-refractivity contribution is -0.0226. The van der Waals surface area contributed by atoms with Crippen molar-refractivity contribution in [2.45, 2.75) is 26.4 Å². The Balaban J connectivity index is 2.21. The maximum Gasteiger partial charge on any atom is 0.256 e. The highest BCUT2D eigenvalue weighted by Crippen LogP contribution is 2.20. The number of nitrogens with zero attached hydrogens (tertiary/aromatic N) is 1. The van der Waals surface area contributed by atoms with Crippen LogP contribution in [-0.2, 0) is 4.74 Å². The lowest BCUT2D eigenvalue weighted by atomic mass is 10.1. The average Bonchev–Trinajstić information content (AvgIpc) is 2.46. The first-order valence-corrected chi connectivity index (χ1v) is 6.63. The van der Waals surface area contributed by atoms with Crippen molar-refractivity contribution in [3.63, 3.8) is 0 Å². The molecule has 1 aliphatic rings. The molecule has 1 unspecified atom stereocenters. The summed E-state index contributed by atoms with van der Waals surface area (Å²) >= 11 is 0. The normalized spacial score (nSPS) is 19.3. The first-order valence-electron chi connectivity index (χ1n) is 6.63. The van der Waals surface area contributed by atoms with Gasteiger partial charge in [-0.1, -0.05) is 18.6 Å². The van der Waals surface area contributed by atoms with Crippen molar-refractivity contribution in [1.82, 2.24) is 4.90 Å². The van der Waals surface area contributed by atoms with Gasteiger partial charge < -0.3 is 15.1 Å². The number of nitrogen functional groups attached to an aromatic ring is 1. The Kier molecular flexibility index (Phi) is 4.39. The summed E-state index contributed by atoms with van der Waals surface area (Å²) in [5.41, 5.74) is 4.92. The summed E-state index contributed by atoms with van der Waals surface area (Å²) in [6.45, 7) is 5.91. The zero-order chi connectivity index (χ0) is 13.8. The van der Waals surface area contributed by atoms with Gasteiger partial charge in [0.15, 0.2) is 0 Å². The second-order valence-electron chi connectivity index (χ2n) is 4.85. The fourth-order valence-electron chi connectivity index (χ4n) is 2.28. The van der Waals surface area contributed by atoms with Crippen molar-refractivity contribution in [3.05, 3.63) is 29.3 Å². The Hall–Kier alpha value is -1.59. The maximum absolute atomic E-state index is 12.6. The van der Waals surface area contributed by atoms with E-state index in [-0.39, 0.29) is 12.0 Å². The number of carbonyl (C=O) groups is 1. The number of morpholine rings is 1. The molecule has 0 radical (unpaired) electrons. The molecule has 3 N–H and O–H groups in total. The number of anilines is 1. The monoisotopic (exact) mass is 263 g/mol. The standard InChI is InChI=1S/C14H21N3O2/c1-3-11-9-17(6-7-19-11)14(18)12-8-10(2)4-5-13(12)16-15/h4-5,8,11,16H,3,6-7,9,15H2,1-2H3. The van der Waals surface area contributed by atoms with Crippen LogP contribution in [-0.4, -0.2) is 36.6 Å². The SMILES string of the molecule is CCC1CN(C(=O)c2cc(C)ccc2NN)CCO1. The largest absolute Gasteiger partial charge is 0.375 e. The van der Waals surface area contributed by atoms with Crippen LogP contribution in [0.2, 0.25) is 0 Å². The molecular formula is C14H21N3O2. The number of benzene rings is 1. The smallest absolute Gasteiger partial charge is 0.256 e. The molecule has 0 spiro atoms. The van der Waals surface area contributed by atoms with Crippen LogP contribution in [0.5, 0.6) is 0 Å². The van der Waals surface area contributed by atoms with E-state index in [0.29, 0.717) is 30.9 Å². The quantitative estimate of drug-likeness (QED) is 0.641. The fraction of sp³-hybridized carbons (Fsp3) is 0.500. The summed E-state index contributed by atoms with van der Waals surface area (Å²) in [5.74, 6) is 5.49. The van der Waals surface area contributed by atoms with Gasteiger partial charge in [-0.05, 0) is 25.5 Å². The van der Waals surface area contributed by atoms with E-state index in [2.05, 4.69) is 12.3 Å². The fourth-order valence-corrected chi connectivity index (χ4v) is 2.28. The summed E-state index contributed by atoms with van der Waals surface area (Å²) in [7, 11) is 0. The first-order chi connectivity index (χ1) is 9.15. The molecule has 1 amide bonds. The van der Waals surface area contributed by atoms with Crippen LogP contribution in [0.1, 0.15) is 29.3 Å². The van der Waals surface area contributed by atoms with Gasteiger partial charge in [0.25, 0.3) is 5.91 Å². The van der Waals surface area contributed by atoms with E-state index >= 15 is 0 Å². The van der Waals surface area contributed by atoms with Gasteiger partial charge in [0.05, 0.1) is 24.0 Å². The van der Waals surface area contributed by atoms with Crippen LogP contribution in [0.3, 0.4) is 0 Å². The maximum atomic E-state index is 12.6. The van der Waals surface area contributed by atoms with Crippen LogP contribution in [0.4, 0.5) is 5.69 Å². The molecule has 1 aromatic carbocycles. The van der Waals surface area contributed by atoms with E-state index in [1.54, 1.807) is 0 Å². The van der Waals surface area contributed by atoms with Crippen molar-refractivity contribution < 1.29 is 9.53 Å². The molecule has 0 bridgehead atoms. The molecule has 2 rings (SSSR count). The molecule has 5 nitrogen and oxygen atoms in total. The number of rotatable bonds is 3. The molecule has 1 aliphatic heterocycles. The van der Waals surface area contributed by atoms with Gasteiger partial charge in [-0.3, -0.25) is 10.6 Å². The molecule has 0 aromatic heterocycles. The number of aryl methyl sites for hydroxylation is 1. The van der Waals surface area contributed by atoms with Gasteiger partial charge in [0.1, 0.15) is 0 Å². The molecule has 104 valence electrons. The second-order valence-corrected chi connectivity index (χ2v) is 4.85.